The van der Waals surface area contributed by atoms with Crippen LogP contribution in [0.1, 0.15) is 31.2 Å². The standard InChI is InChI=1S/C13H15BrN2O5.C8H7BrN2O4/c1-2-21-12(17)13(3-5-20-6-4-13)11-10(16(18)19)7-9(14)8-15-11;1-15-8(12)3-6-7(11(13)14)2-5(9)4-10-6/h7-8H,2-6H2,1H3;2,4H,3H2,1H3. The predicted octanol–water partition coefficient (Wildman–Crippen LogP) is 3.83. The number of methoxy groups -OCH3 is 1. The highest BCUT2D eigenvalue weighted by Gasteiger charge is 2.48. The number of carbonyl (C=O) groups excluding carboxylic acids is 2. The molecule has 0 aliphatic carbocycles. The van der Waals surface area contributed by atoms with Gasteiger partial charge in [-0.05, 0) is 51.6 Å². The van der Waals surface area contributed by atoms with Crippen molar-refractivity contribution < 1.29 is 33.6 Å². The van der Waals surface area contributed by atoms with Crippen LogP contribution in [0.5, 0.6) is 0 Å². The molecule has 2 aromatic rings. The van der Waals surface area contributed by atoms with E-state index in [1.165, 1.54) is 31.6 Å². The van der Waals surface area contributed by atoms with Crippen LogP contribution in [0, 0.1) is 20.2 Å². The summed E-state index contributed by atoms with van der Waals surface area (Å²) < 4.78 is 15.8. The molecule has 194 valence electrons. The van der Waals surface area contributed by atoms with Crippen LogP contribution in [0.25, 0.3) is 0 Å². The van der Waals surface area contributed by atoms with Crippen molar-refractivity contribution in [2.75, 3.05) is 26.9 Å². The third-order valence-electron chi connectivity index (χ3n) is 5.15. The summed E-state index contributed by atoms with van der Waals surface area (Å²) in [6.45, 7) is 2.60. The Labute approximate surface area is 222 Å². The number of nitrogens with zero attached hydrogens (tertiary/aromatic N) is 4. The summed E-state index contributed by atoms with van der Waals surface area (Å²) in [6.07, 6.45) is 3.28. The van der Waals surface area contributed by atoms with Crippen molar-refractivity contribution in [1.29, 1.82) is 0 Å². The van der Waals surface area contributed by atoms with E-state index in [4.69, 9.17) is 9.47 Å². The van der Waals surface area contributed by atoms with E-state index in [1.807, 2.05) is 0 Å². The highest BCUT2D eigenvalue weighted by atomic mass is 79.9. The van der Waals surface area contributed by atoms with Crippen molar-refractivity contribution in [3.63, 3.8) is 0 Å². The van der Waals surface area contributed by atoms with Gasteiger partial charge in [0.15, 0.2) is 0 Å². The Balaban J connectivity index is 0.000000269. The van der Waals surface area contributed by atoms with Gasteiger partial charge in [-0.15, -0.1) is 0 Å². The van der Waals surface area contributed by atoms with Gasteiger partial charge in [-0.2, -0.15) is 0 Å². The van der Waals surface area contributed by atoms with E-state index >= 15 is 0 Å². The molecule has 2 aromatic heterocycles. The molecule has 0 amide bonds. The number of esters is 2. The highest BCUT2D eigenvalue weighted by molar-refractivity contribution is 9.10. The van der Waals surface area contributed by atoms with E-state index in [1.54, 1.807) is 6.92 Å². The lowest BCUT2D eigenvalue weighted by molar-refractivity contribution is -0.386. The third kappa shape index (κ3) is 7.24. The van der Waals surface area contributed by atoms with E-state index in [9.17, 15) is 29.8 Å². The largest absolute Gasteiger partial charge is 0.469 e. The molecular weight excluding hydrogens is 612 g/mol. The van der Waals surface area contributed by atoms with E-state index in [2.05, 4.69) is 46.6 Å². The molecule has 1 saturated heterocycles. The number of ether oxygens (including phenoxy) is 3. The summed E-state index contributed by atoms with van der Waals surface area (Å²) in [5.74, 6) is -1.04. The Hall–Kier alpha value is -3.04. The average Bonchev–Trinajstić information content (AvgIpc) is 2.85. The van der Waals surface area contributed by atoms with Crippen molar-refractivity contribution >= 4 is 55.2 Å². The molecule has 0 unspecified atom stereocenters. The second-order valence-electron chi connectivity index (χ2n) is 7.32. The zero-order valence-electron chi connectivity index (χ0n) is 19.3. The molecule has 1 fully saturated rings. The molecule has 0 saturated carbocycles. The smallest absolute Gasteiger partial charge is 0.318 e. The normalized spacial score (nSPS) is 14.1. The first-order chi connectivity index (χ1) is 17.0. The molecule has 15 heteroatoms. The van der Waals surface area contributed by atoms with Crippen LogP contribution in [0.3, 0.4) is 0 Å². The molecule has 0 bridgehead atoms. The quantitative estimate of drug-likeness (QED) is 0.246. The molecule has 0 atom stereocenters. The zero-order chi connectivity index (χ0) is 26.9. The lowest BCUT2D eigenvalue weighted by Gasteiger charge is -2.33. The van der Waals surface area contributed by atoms with Gasteiger partial charge in [-0.3, -0.25) is 39.8 Å². The Morgan fingerprint density at radius 3 is 2.14 bits per heavy atom. The van der Waals surface area contributed by atoms with Gasteiger partial charge in [0.05, 0.1) is 30.0 Å². The van der Waals surface area contributed by atoms with Crippen molar-refractivity contribution in [2.45, 2.75) is 31.6 Å². The summed E-state index contributed by atoms with van der Waals surface area (Å²) in [6, 6.07) is 2.66. The predicted molar refractivity (Wildman–Crippen MR) is 131 cm³/mol. The topological polar surface area (TPSA) is 174 Å². The maximum Gasteiger partial charge on any atom is 0.318 e. The Morgan fingerprint density at radius 2 is 1.61 bits per heavy atom. The van der Waals surface area contributed by atoms with Crippen LogP contribution in [-0.4, -0.2) is 58.7 Å². The molecule has 3 heterocycles. The summed E-state index contributed by atoms with van der Waals surface area (Å²) >= 11 is 6.23. The number of hydrogen-bond donors (Lipinski definition) is 0. The molecule has 3 rings (SSSR count). The van der Waals surface area contributed by atoms with Crippen LogP contribution < -0.4 is 0 Å². The summed E-state index contributed by atoms with van der Waals surface area (Å²) in [5.41, 5.74) is -1.25. The fraction of sp³-hybridized carbons (Fsp3) is 0.429. The molecule has 0 spiro atoms. The first-order valence-electron chi connectivity index (χ1n) is 10.5. The number of pyridine rings is 2. The Morgan fingerprint density at radius 1 is 1.06 bits per heavy atom. The molecule has 0 N–H and O–H groups in total. The number of halogens is 2. The summed E-state index contributed by atoms with van der Waals surface area (Å²) in [4.78, 5) is 52.1. The molecule has 1 aliphatic heterocycles. The minimum absolute atomic E-state index is 0.0926. The summed E-state index contributed by atoms with van der Waals surface area (Å²) in [7, 11) is 1.22. The number of nitro groups is 2. The fourth-order valence-electron chi connectivity index (χ4n) is 3.42. The first-order valence-corrected chi connectivity index (χ1v) is 12.0. The summed E-state index contributed by atoms with van der Waals surface area (Å²) in [5, 5.41) is 21.9. The number of aromatic nitrogens is 2. The number of hydrogen-bond acceptors (Lipinski definition) is 11. The fourth-order valence-corrected chi connectivity index (χ4v) is 4.06. The number of carbonyl (C=O) groups is 2. The highest BCUT2D eigenvalue weighted by Crippen LogP contribution is 2.40. The van der Waals surface area contributed by atoms with E-state index < -0.39 is 27.2 Å². The SMILES string of the molecule is CCOC(=O)C1(c2ncc(Br)cc2[N+](=O)[O-])CCOCC1.COC(=O)Cc1ncc(Br)cc1[N+](=O)[O-]. The van der Waals surface area contributed by atoms with Gasteiger partial charge in [0.1, 0.15) is 16.8 Å². The van der Waals surface area contributed by atoms with E-state index in [0.717, 1.165) is 0 Å². The van der Waals surface area contributed by atoms with E-state index in [-0.39, 0.29) is 35.8 Å². The van der Waals surface area contributed by atoms with Crippen LogP contribution in [-0.2, 0) is 35.6 Å². The van der Waals surface area contributed by atoms with E-state index in [0.29, 0.717) is 35.0 Å². The van der Waals surface area contributed by atoms with Crippen molar-refractivity contribution in [1.82, 2.24) is 9.97 Å². The average molecular weight is 634 g/mol. The third-order valence-corrected chi connectivity index (χ3v) is 6.01. The first kappa shape index (κ1) is 29.2. The van der Waals surface area contributed by atoms with Gasteiger partial charge >= 0.3 is 11.9 Å². The van der Waals surface area contributed by atoms with Crippen LogP contribution in [0.2, 0.25) is 0 Å². The molecule has 0 radical (unpaired) electrons. The second kappa shape index (κ2) is 13.3. The van der Waals surface area contributed by atoms with Crippen molar-refractivity contribution in [3.8, 4) is 0 Å². The van der Waals surface area contributed by atoms with Gasteiger partial charge in [0.25, 0.3) is 11.4 Å². The minimum Gasteiger partial charge on any atom is -0.469 e. The minimum atomic E-state index is -1.11. The van der Waals surface area contributed by atoms with Gasteiger partial charge in [-0.1, -0.05) is 0 Å². The molecular formula is C21H22Br2N4O9. The van der Waals surface area contributed by atoms with Gasteiger partial charge in [0, 0.05) is 46.7 Å². The molecule has 1 aliphatic rings. The van der Waals surface area contributed by atoms with Gasteiger partial charge < -0.3 is 14.2 Å². The van der Waals surface area contributed by atoms with Crippen LogP contribution in [0.15, 0.2) is 33.5 Å². The molecule has 0 aromatic carbocycles. The Bertz CT molecular complexity index is 1140. The van der Waals surface area contributed by atoms with Crippen LogP contribution >= 0.6 is 31.9 Å². The molecule has 36 heavy (non-hydrogen) atoms. The van der Waals surface area contributed by atoms with Gasteiger partial charge in [0.2, 0.25) is 0 Å². The van der Waals surface area contributed by atoms with Crippen molar-refractivity contribution in [2.24, 2.45) is 0 Å². The zero-order valence-corrected chi connectivity index (χ0v) is 22.4. The Kier molecular flexibility index (Phi) is 10.8. The lowest BCUT2D eigenvalue weighted by Crippen LogP contribution is -2.43. The number of rotatable bonds is 7. The second-order valence-corrected chi connectivity index (χ2v) is 9.15. The maximum atomic E-state index is 12.4. The lowest BCUT2D eigenvalue weighted by atomic mass is 9.76. The molecule has 13 nitrogen and oxygen atoms in total. The monoisotopic (exact) mass is 632 g/mol. The maximum absolute atomic E-state index is 12.4. The van der Waals surface area contributed by atoms with Crippen molar-refractivity contribution in [3.05, 3.63) is 65.1 Å². The van der Waals surface area contributed by atoms with Gasteiger partial charge in [-0.25, -0.2) is 0 Å². The van der Waals surface area contributed by atoms with Crippen LogP contribution in [0.4, 0.5) is 11.4 Å².